The quantitative estimate of drug-likeness (QED) is 0.0353. The van der Waals surface area contributed by atoms with Crippen molar-refractivity contribution in [3.8, 4) is 0 Å². The third kappa shape index (κ3) is 39.6. The zero-order valence-corrected chi connectivity index (χ0v) is 35.3. The second-order valence-corrected chi connectivity index (χ2v) is 16.2. The molecule has 6 nitrogen and oxygen atoms in total. The Morgan fingerprint density at radius 2 is 0.635 bits per heavy atom. The van der Waals surface area contributed by atoms with Gasteiger partial charge in [0.05, 0.1) is 0 Å². The van der Waals surface area contributed by atoms with Crippen LogP contribution in [0.2, 0.25) is 0 Å². The molecule has 0 radical (unpaired) electrons. The number of carbonyl (C=O) groups is 3. The number of unbranched alkanes of at least 4 members (excludes halogenated alkanes) is 28. The number of esters is 3. The molecule has 0 aromatic heterocycles. The molecule has 0 heterocycles. The van der Waals surface area contributed by atoms with Crippen molar-refractivity contribution < 1.29 is 28.6 Å². The van der Waals surface area contributed by atoms with Crippen molar-refractivity contribution in [3.63, 3.8) is 0 Å². The van der Waals surface area contributed by atoms with Crippen LogP contribution in [0.25, 0.3) is 0 Å². The van der Waals surface area contributed by atoms with E-state index in [1.54, 1.807) is 0 Å². The standard InChI is InChI=1S/C46H88O6/c1-5-7-9-11-13-14-15-16-17-18-22-26-30-34-38-45(48)51-41-43(40-50-44(47)37-33-29-24-12-10-8-6-2)52-46(49)39-35-31-27-23-20-19-21-25-28-32-36-42(3)4/h42-43H,5-41H2,1-4H3/t43-/m0/s1. The number of hydrogen-bond acceptors (Lipinski definition) is 6. The van der Waals surface area contributed by atoms with Crippen molar-refractivity contribution in [1.82, 2.24) is 0 Å². The molecule has 52 heavy (non-hydrogen) atoms. The Morgan fingerprint density at radius 3 is 0.942 bits per heavy atom. The molecule has 308 valence electrons. The van der Waals surface area contributed by atoms with Crippen LogP contribution in [0.3, 0.4) is 0 Å². The van der Waals surface area contributed by atoms with E-state index in [9.17, 15) is 14.4 Å². The summed E-state index contributed by atoms with van der Waals surface area (Å²) >= 11 is 0. The van der Waals surface area contributed by atoms with Crippen LogP contribution in [-0.4, -0.2) is 37.2 Å². The zero-order chi connectivity index (χ0) is 38.2. The Labute approximate surface area is 323 Å². The first-order valence-electron chi connectivity index (χ1n) is 22.9. The molecule has 0 amide bonds. The lowest BCUT2D eigenvalue weighted by atomic mass is 10.0. The third-order valence-electron chi connectivity index (χ3n) is 10.3. The molecule has 0 unspecified atom stereocenters. The van der Waals surface area contributed by atoms with Gasteiger partial charge in [-0.3, -0.25) is 14.4 Å². The largest absolute Gasteiger partial charge is 0.462 e. The summed E-state index contributed by atoms with van der Waals surface area (Å²) in [6, 6.07) is 0. The Morgan fingerprint density at radius 1 is 0.365 bits per heavy atom. The van der Waals surface area contributed by atoms with Crippen molar-refractivity contribution in [3.05, 3.63) is 0 Å². The highest BCUT2D eigenvalue weighted by Gasteiger charge is 2.19. The fourth-order valence-electron chi connectivity index (χ4n) is 6.80. The third-order valence-corrected chi connectivity index (χ3v) is 10.3. The maximum atomic E-state index is 12.7. The average Bonchev–Trinajstić information content (AvgIpc) is 3.12. The van der Waals surface area contributed by atoms with Gasteiger partial charge in [-0.1, -0.05) is 214 Å². The zero-order valence-electron chi connectivity index (χ0n) is 35.3. The Kier molecular flexibility index (Phi) is 39.4. The predicted molar refractivity (Wildman–Crippen MR) is 220 cm³/mol. The van der Waals surface area contributed by atoms with Crippen LogP contribution in [0.5, 0.6) is 0 Å². The highest BCUT2D eigenvalue weighted by Crippen LogP contribution is 2.16. The van der Waals surface area contributed by atoms with Crippen LogP contribution >= 0.6 is 0 Å². The van der Waals surface area contributed by atoms with Crippen molar-refractivity contribution >= 4 is 17.9 Å². The highest BCUT2D eigenvalue weighted by molar-refractivity contribution is 5.71. The molecule has 6 heteroatoms. The van der Waals surface area contributed by atoms with E-state index in [0.29, 0.717) is 19.3 Å². The Balaban J connectivity index is 4.26. The van der Waals surface area contributed by atoms with E-state index < -0.39 is 6.10 Å². The topological polar surface area (TPSA) is 78.9 Å². The maximum absolute atomic E-state index is 12.7. The summed E-state index contributed by atoms with van der Waals surface area (Å²) in [4.78, 5) is 37.6. The van der Waals surface area contributed by atoms with Gasteiger partial charge < -0.3 is 14.2 Å². The van der Waals surface area contributed by atoms with Crippen molar-refractivity contribution in [2.75, 3.05) is 13.2 Å². The summed E-state index contributed by atoms with van der Waals surface area (Å²) in [5.41, 5.74) is 0. The van der Waals surface area contributed by atoms with Gasteiger partial charge in [0.1, 0.15) is 13.2 Å². The Hall–Kier alpha value is -1.59. The van der Waals surface area contributed by atoms with E-state index in [0.717, 1.165) is 63.7 Å². The Bertz CT molecular complexity index is 781. The lowest BCUT2D eigenvalue weighted by Crippen LogP contribution is -2.30. The smallest absolute Gasteiger partial charge is 0.306 e. The molecule has 0 aliphatic carbocycles. The minimum absolute atomic E-state index is 0.0641. The lowest BCUT2D eigenvalue weighted by Gasteiger charge is -2.18. The molecule has 0 aromatic carbocycles. The highest BCUT2D eigenvalue weighted by atomic mass is 16.6. The second-order valence-electron chi connectivity index (χ2n) is 16.2. The molecular weight excluding hydrogens is 648 g/mol. The van der Waals surface area contributed by atoms with Gasteiger partial charge in [-0.2, -0.15) is 0 Å². The van der Waals surface area contributed by atoms with Gasteiger partial charge in [0.15, 0.2) is 6.10 Å². The molecular formula is C46H88O6. The van der Waals surface area contributed by atoms with Crippen LogP contribution in [0, 0.1) is 5.92 Å². The normalized spacial score (nSPS) is 11.9. The van der Waals surface area contributed by atoms with Crippen molar-refractivity contribution in [1.29, 1.82) is 0 Å². The number of ether oxygens (including phenoxy) is 3. The molecule has 1 atom stereocenters. The summed E-state index contributed by atoms with van der Waals surface area (Å²) in [7, 11) is 0. The molecule has 0 rings (SSSR count). The second kappa shape index (κ2) is 40.6. The van der Waals surface area contributed by atoms with Crippen LogP contribution < -0.4 is 0 Å². The summed E-state index contributed by atoms with van der Waals surface area (Å²) in [5, 5.41) is 0. The minimum atomic E-state index is -0.758. The van der Waals surface area contributed by atoms with Crippen molar-refractivity contribution in [2.24, 2.45) is 5.92 Å². The summed E-state index contributed by atoms with van der Waals surface area (Å²) in [6.45, 7) is 8.95. The van der Waals surface area contributed by atoms with Gasteiger partial charge in [-0.05, 0) is 25.2 Å². The van der Waals surface area contributed by atoms with Crippen LogP contribution in [0.4, 0.5) is 0 Å². The van der Waals surface area contributed by atoms with E-state index in [2.05, 4.69) is 27.7 Å². The molecule has 0 spiro atoms. The first kappa shape index (κ1) is 50.4. The SMILES string of the molecule is CCCCCCCCCCCCCCCCC(=O)OC[C@H](COC(=O)CCCCCCCCC)OC(=O)CCCCCCCCCCCCC(C)C. The minimum Gasteiger partial charge on any atom is -0.462 e. The first-order chi connectivity index (χ1) is 25.4. The lowest BCUT2D eigenvalue weighted by molar-refractivity contribution is -0.167. The fraction of sp³-hybridized carbons (Fsp3) is 0.935. The fourth-order valence-corrected chi connectivity index (χ4v) is 6.80. The molecule has 0 bridgehead atoms. The van der Waals surface area contributed by atoms with Gasteiger partial charge in [0.2, 0.25) is 0 Å². The summed E-state index contributed by atoms with van der Waals surface area (Å²) in [5.74, 6) is -0.0438. The number of carbonyl (C=O) groups excluding carboxylic acids is 3. The van der Waals surface area contributed by atoms with E-state index in [-0.39, 0.29) is 31.1 Å². The molecule has 0 aliphatic rings. The van der Waals surface area contributed by atoms with E-state index in [1.807, 2.05) is 0 Å². The monoisotopic (exact) mass is 737 g/mol. The molecule has 0 saturated carbocycles. The van der Waals surface area contributed by atoms with Crippen molar-refractivity contribution in [2.45, 2.75) is 259 Å². The number of hydrogen-bond donors (Lipinski definition) is 0. The van der Waals surface area contributed by atoms with Gasteiger partial charge >= 0.3 is 17.9 Å². The molecule has 0 fully saturated rings. The first-order valence-corrected chi connectivity index (χ1v) is 22.9. The molecule has 0 N–H and O–H groups in total. The van der Waals surface area contributed by atoms with E-state index in [4.69, 9.17) is 14.2 Å². The molecule has 0 aliphatic heterocycles. The summed E-state index contributed by atoms with van der Waals surface area (Å²) in [6.07, 6.45) is 39.5. The average molecular weight is 737 g/mol. The van der Waals surface area contributed by atoms with Crippen LogP contribution in [-0.2, 0) is 28.6 Å². The summed E-state index contributed by atoms with van der Waals surface area (Å²) < 4.78 is 16.7. The number of rotatable bonds is 41. The van der Waals surface area contributed by atoms with Gasteiger partial charge in [-0.25, -0.2) is 0 Å². The van der Waals surface area contributed by atoms with E-state index in [1.165, 1.54) is 148 Å². The van der Waals surface area contributed by atoms with Gasteiger partial charge in [0, 0.05) is 19.3 Å². The van der Waals surface area contributed by atoms with Crippen LogP contribution in [0.1, 0.15) is 252 Å². The van der Waals surface area contributed by atoms with Crippen LogP contribution in [0.15, 0.2) is 0 Å². The predicted octanol–water partition coefficient (Wildman–Crippen LogP) is 14.3. The van der Waals surface area contributed by atoms with Gasteiger partial charge in [0.25, 0.3) is 0 Å². The molecule has 0 aromatic rings. The maximum Gasteiger partial charge on any atom is 0.306 e. The van der Waals surface area contributed by atoms with E-state index >= 15 is 0 Å². The molecule has 0 saturated heterocycles. The van der Waals surface area contributed by atoms with Gasteiger partial charge in [-0.15, -0.1) is 0 Å².